The van der Waals surface area contributed by atoms with Gasteiger partial charge >= 0.3 is 6.18 Å². The number of nitro groups is 1. The zero-order valence-electron chi connectivity index (χ0n) is 14.2. The monoisotopic (exact) mass is 401 g/mol. The summed E-state index contributed by atoms with van der Waals surface area (Å²) in [6.07, 6.45) is -4.71. The lowest BCUT2D eigenvalue weighted by atomic mass is 10.1. The van der Waals surface area contributed by atoms with Gasteiger partial charge in [-0.3, -0.25) is 14.9 Å². The third-order valence-electron chi connectivity index (χ3n) is 3.73. The molecule has 0 saturated carbocycles. The van der Waals surface area contributed by atoms with Crippen molar-refractivity contribution in [2.24, 2.45) is 0 Å². The Kier molecular flexibility index (Phi) is 5.94. The molecule has 2 rings (SSSR count). The Morgan fingerprint density at radius 2 is 1.89 bits per heavy atom. The van der Waals surface area contributed by atoms with E-state index in [1.807, 2.05) is 0 Å². The van der Waals surface area contributed by atoms with Gasteiger partial charge in [0.15, 0.2) is 0 Å². The van der Waals surface area contributed by atoms with Crippen molar-refractivity contribution in [3.05, 3.63) is 62.7 Å². The topological polar surface area (TPSA) is 84.3 Å². The van der Waals surface area contributed by atoms with Crippen LogP contribution in [0.4, 0.5) is 30.2 Å². The molecule has 27 heavy (non-hydrogen) atoms. The zero-order valence-corrected chi connectivity index (χ0v) is 15.0. The van der Waals surface area contributed by atoms with Crippen LogP contribution >= 0.6 is 11.6 Å². The standard InChI is InChI=1S/C17H15ClF3N3O3/c1-9-3-5-12(8-13(9)18)23-16(25)10(2)22-14-6-4-11(17(19,20)21)7-15(14)24(26)27/h3-8,10,22H,1-2H3,(H,23,25)/t10-/m0/s1. The number of hydrogen-bond donors (Lipinski definition) is 2. The summed E-state index contributed by atoms with van der Waals surface area (Å²) in [6.45, 7) is 3.22. The summed E-state index contributed by atoms with van der Waals surface area (Å²) >= 11 is 5.98. The molecule has 0 radical (unpaired) electrons. The summed E-state index contributed by atoms with van der Waals surface area (Å²) in [5, 5.41) is 16.7. The minimum atomic E-state index is -4.71. The van der Waals surface area contributed by atoms with E-state index < -0.39 is 34.3 Å². The highest BCUT2D eigenvalue weighted by atomic mass is 35.5. The van der Waals surface area contributed by atoms with Crippen molar-refractivity contribution in [3.63, 3.8) is 0 Å². The molecule has 0 spiro atoms. The molecule has 0 aromatic heterocycles. The average Bonchev–Trinajstić information content (AvgIpc) is 2.57. The van der Waals surface area contributed by atoms with Gasteiger partial charge in [0, 0.05) is 16.8 Å². The molecule has 0 bridgehead atoms. The fraction of sp³-hybridized carbons (Fsp3) is 0.235. The summed E-state index contributed by atoms with van der Waals surface area (Å²) in [5.74, 6) is -0.538. The molecular weight excluding hydrogens is 387 g/mol. The van der Waals surface area contributed by atoms with Crippen LogP contribution in [0.3, 0.4) is 0 Å². The van der Waals surface area contributed by atoms with Gasteiger partial charge in [-0.25, -0.2) is 0 Å². The van der Waals surface area contributed by atoms with Crippen LogP contribution in [0.5, 0.6) is 0 Å². The molecule has 0 unspecified atom stereocenters. The van der Waals surface area contributed by atoms with E-state index in [0.29, 0.717) is 22.8 Å². The number of nitrogens with one attached hydrogen (secondary N) is 2. The van der Waals surface area contributed by atoms with Crippen LogP contribution in [0.15, 0.2) is 36.4 Å². The number of aryl methyl sites for hydroxylation is 1. The maximum Gasteiger partial charge on any atom is 0.416 e. The summed E-state index contributed by atoms with van der Waals surface area (Å²) in [4.78, 5) is 22.4. The molecule has 0 aliphatic rings. The van der Waals surface area contributed by atoms with Gasteiger partial charge in [0.25, 0.3) is 5.69 Å². The lowest BCUT2D eigenvalue weighted by molar-refractivity contribution is -0.384. The van der Waals surface area contributed by atoms with Crippen LogP contribution in [0.25, 0.3) is 0 Å². The summed E-state index contributed by atoms with van der Waals surface area (Å²) in [7, 11) is 0. The molecule has 10 heteroatoms. The van der Waals surface area contributed by atoms with Crippen molar-refractivity contribution in [3.8, 4) is 0 Å². The van der Waals surface area contributed by atoms with Crippen molar-refractivity contribution < 1.29 is 22.9 Å². The summed E-state index contributed by atoms with van der Waals surface area (Å²) in [6, 6.07) is 5.98. The number of carbonyl (C=O) groups excluding carboxylic acids is 1. The van der Waals surface area contributed by atoms with Gasteiger partial charge in [-0.2, -0.15) is 13.2 Å². The number of hydrogen-bond acceptors (Lipinski definition) is 4. The minimum absolute atomic E-state index is 0.197. The first-order valence-corrected chi connectivity index (χ1v) is 8.06. The number of nitro benzene ring substituents is 1. The number of amides is 1. The Morgan fingerprint density at radius 1 is 1.22 bits per heavy atom. The van der Waals surface area contributed by atoms with E-state index in [1.165, 1.54) is 6.92 Å². The normalized spacial score (nSPS) is 12.4. The molecule has 2 aromatic carbocycles. The van der Waals surface area contributed by atoms with Crippen molar-refractivity contribution in [2.45, 2.75) is 26.1 Å². The number of anilines is 2. The van der Waals surface area contributed by atoms with Crippen LogP contribution in [-0.2, 0) is 11.0 Å². The number of benzene rings is 2. The van der Waals surface area contributed by atoms with Gasteiger partial charge in [0.1, 0.15) is 11.7 Å². The van der Waals surface area contributed by atoms with Gasteiger partial charge < -0.3 is 10.6 Å². The second kappa shape index (κ2) is 7.83. The molecule has 144 valence electrons. The van der Waals surface area contributed by atoms with Crippen LogP contribution < -0.4 is 10.6 Å². The highest BCUT2D eigenvalue weighted by molar-refractivity contribution is 6.31. The van der Waals surface area contributed by atoms with E-state index >= 15 is 0 Å². The number of rotatable bonds is 5. The SMILES string of the molecule is Cc1ccc(NC(=O)[C@H](C)Nc2ccc(C(F)(F)F)cc2[N+](=O)[O-])cc1Cl. The molecule has 1 amide bonds. The van der Waals surface area contributed by atoms with Crippen molar-refractivity contribution >= 4 is 34.6 Å². The zero-order chi connectivity index (χ0) is 20.4. The van der Waals surface area contributed by atoms with Gasteiger partial charge in [-0.15, -0.1) is 0 Å². The fourth-order valence-electron chi connectivity index (χ4n) is 2.20. The number of carbonyl (C=O) groups is 1. The first-order valence-electron chi connectivity index (χ1n) is 7.68. The van der Waals surface area contributed by atoms with E-state index in [1.54, 1.807) is 25.1 Å². The number of nitrogens with zero attached hydrogens (tertiary/aromatic N) is 1. The van der Waals surface area contributed by atoms with Gasteiger partial charge in [-0.05, 0) is 43.7 Å². The smallest absolute Gasteiger partial charge is 0.368 e. The Balaban J connectivity index is 2.18. The van der Waals surface area contributed by atoms with Gasteiger partial charge in [0.2, 0.25) is 5.91 Å². The Morgan fingerprint density at radius 3 is 2.44 bits per heavy atom. The minimum Gasteiger partial charge on any atom is -0.368 e. The summed E-state index contributed by atoms with van der Waals surface area (Å²) in [5.41, 5.74) is -0.876. The van der Waals surface area contributed by atoms with Crippen LogP contribution in [0.2, 0.25) is 5.02 Å². The van der Waals surface area contributed by atoms with Crippen LogP contribution in [0.1, 0.15) is 18.1 Å². The third-order valence-corrected chi connectivity index (χ3v) is 4.13. The highest BCUT2D eigenvalue weighted by Gasteiger charge is 2.33. The molecule has 6 nitrogen and oxygen atoms in total. The van der Waals surface area contributed by atoms with E-state index in [4.69, 9.17) is 11.6 Å². The predicted octanol–water partition coefficient (Wildman–Crippen LogP) is 5.01. The second-order valence-corrected chi connectivity index (χ2v) is 6.21. The van der Waals surface area contributed by atoms with E-state index in [9.17, 15) is 28.1 Å². The largest absolute Gasteiger partial charge is 0.416 e. The van der Waals surface area contributed by atoms with Crippen molar-refractivity contribution in [1.82, 2.24) is 0 Å². The van der Waals surface area contributed by atoms with Gasteiger partial charge in [0.05, 0.1) is 10.5 Å². The maximum absolute atomic E-state index is 12.7. The highest BCUT2D eigenvalue weighted by Crippen LogP contribution is 2.35. The maximum atomic E-state index is 12.7. The lowest BCUT2D eigenvalue weighted by Crippen LogP contribution is -2.32. The predicted molar refractivity (Wildman–Crippen MR) is 96.0 cm³/mol. The molecule has 2 N–H and O–H groups in total. The number of halogens is 4. The van der Waals surface area contributed by atoms with E-state index in [2.05, 4.69) is 10.6 Å². The third kappa shape index (κ3) is 5.10. The Labute approximate surface area is 157 Å². The molecular formula is C17H15ClF3N3O3. The van der Waals surface area contributed by atoms with Gasteiger partial charge in [-0.1, -0.05) is 17.7 Å². The molecule has 0 heterocycles. The first-order chi connectivity index (χ1) is 12.5. The summed E-state index contributed by atoms with van der Waals surface area (Å²) < 4.78 is 38.2. The molecule has 0 aliphatic heterocycles. The van der Waals surface area contributed by atoms with Crippen LogP contribution in [0, 0.1) is 17.0 Å². The van der Waals surface area contributed by atoms with Crippen molar-refractivity contribution in [2.75, 3.05) is 10.6 Å². The average molecular weight is 402 g/mol. The lowest BCUT2D eigenvalue weighted by Gasteiger charge is -2.16. The molecule has 0 saturated heterocycles. The quantitative estimate of drug-likeness (QED) is 0.544. The van der Waals surface area contributed by atoms with Crippen LogP contribution in [-0.4, -0.2) is 16.9 Å². The fourth-order valence-corrected chi connectivity index (χ4v) is 2.38. The number of alkyl halides is 3. The second-order valence-electron chi connectivity index (χ2n) is 5.81. The van der Waals surface area contributed by atoms with Crippen molar-refractivity contribution in [1.29, 1.82) is 0 Å². The molecule has 0 aliphatic carbocycles. The first kappa shape index (κ1) is 20.5. The van der Waals surface area contributed by atoms with E-state index in [0.717, 1.165) is 11.6 Å². The Bertz CT molecular complexity index is 887. The molecule has 0 fully saturated rings. The molecule has 2 aromatic rings. The Hall–Kier alpha value is -2.81. The molecule has 1 atom stereocenters. The van der Waals surface area contributed by atoms with E-state index in [-0.39, 0.29) is 5.69 Å².